The lowest BCUT2D eigenvalue weighted by atomic mass is 10.2. The van der Waals surface area contributed by atoms with Crippen LogP contribution in [0, 0.1) is 10.1 Å². The van der Waals surface area contributed by atoms with Gasteiger partial charge in [0, 0.05) is 25.2 Å². The molecule has 0 aliphatic rings. The van der Waals surface area contributed by atoms with Crippen LogP contribution in [0.4, 0.5) is 5.69 Å². The first-order valence-corrected chi connectivity index (χ1v) is 4.66. The Balaban J connectivity index is 2.69. The summed E-state index contributed by atoms with van der Waals surface area (Å²) >= 11 is 0. The molecule has 0 saturated heterocycles. The molecular formula is C10H14N2O3. The number of non-ortho nitro benzene ring substituents is 1. The number of likely N-dealkylation sites (N-methyl/N-ethyl adjacent to an activating group) is 1. The summed E-state index contributed by atoms with van der Waals surface area (Å²) in [5.74, 6) is 0. The summed E-state index contributed by atoms with van der Waals surface area (Å²) in [5, 5.41) is 19.2. The Hall–Kier alpha value is -1.46. The lowest BCUT2D eigenvalue weighted by molar-refractivity contribution is -0.384. The van der Waals surface area contributed by atoms with E-state index in [2.05, 4.69) is 0 Å². The molecule has 5 heteroatoms. The lowest BCUT2D eigenvalue weighted by Crippen LogP contribution is -2.21. The minimum absolute atomic E-state index is 0.0887. The van der Waals surface area contributed by atoms with Crippen molar-refractivity contribution in [1.82, 2.24) is 4.90 Å². The third kappa shape index (κ3) is 3.65. The summed E-state index contributed by atoms with van der Waals surface area (Å²) in [4.78, 5) is 12.0. The van der Waals surface area contributed by atoms with Gasteiger partial charge in [0.2, 0.25) is 0 Å². The van der Waals surface area contributed by atoms with Gasteiger partial charge in [0.15, 0.2) is 0 Å². The summed E-state index contributed by atoms with van der Waals surface area (Å²) < 4.78 is 0. The van der Waals surface area contributed by atoms with Crippen LogP contribution in [-0.4, -0.2) is 35.1 Å². The standard InChI is InChI=1S/C10H14N2O3/c1-11(5-6-13)8-9-3-2-4-10(7-9)12(14)15/h2-4,7,13H,5-6,8H2,1H3. The first kappa shape index (κ1) is 11.6. The van der Waals surface area contributed by atoms with Gasteiger partial charge in [-0.3, -0.25) is 15.0 Å². The van der Waals surface area contributed by atoms with Crippen LogP contribution < -0.4 is 0 Å². The number of nitrogens with zero attached hydrogens (tertiary/aromatic N) is 2. The van der Waals surface area contributed by atoms with Crippen LogP contribution in [0.25, 0.3) is 0 Å². The Bertz CT molecular complexity index is 341. The van der Waals surface area contributed by atoms with E-state index < -0.39 is 4.92 Å². The van der Waals surface area contributed by atoms with Gasteiger partial charge >= 0.3 is 0 Å². The van der Waals surface area contributed by atoms with Gasteiger partial charge in [0.1, 0.15) is 0 Å². The van der Waals surface area contributed by atoms with Gasteiger partial charge in [-0.15, -0.1) is 0 Å². The van der Waals surface area contributed by atoms with Gasteiger partial charge in [-0.1, -0.05) is 12.1 Å². The molecular weight excluding hydrogens is 196 g/mol. The van der Waals surface area contributed by atoms with Gasteiger partial charge in [0.05, 0.1) is 11.5 Å². The number of aliphatic hydroxyl groups excluding tert-OH is 1. The van der Waals surface area contributed by atoms with Gasteiger partial charge in [0.25, 0.3) is 5.69 Å². The summed E-state index contributed by atoms with van der Waals surface area (Å²) in [6.07, 6.45) is 0. The Labute approximate surface area is 88.1 Å². The maximum atomic E-state index is 10.5. The Kier molecular flexibility index (Phi) is 4.20. The van der Waals surface area contributed by atoms with Crippen LogP contribution in [-0.2, 0) is 6.54 Å². The van der Waals surface area contributed by atoms with Crippen molar-refractivity contribution in [3.63, 3.8) is 0 Å². The van der Waals surface area contributed by atoms with Crippen molar-refractivity contribution >= 4 is 5.69 Å². The second kappa shape index (κ2) is 5.43. The molecule has 0 aromatic heterocycles. The van der Waals surface area contributed by atoms with E-state index in [0.29, 0.717) is 13.1 Å². The van der Waals surface area contributed by atoms with E-state index >= 15 is 0 Å². The molecule has 0 unspecified atom stereocenters. The number of hydrogen-bond donors (Lipinski definition) is 1. The van der Waals surface area contributed by atoms with Gasteiger partial charge < -0.3 is 5.11 Å². The monoisotopic (exact) mass is 210 g/mol. The second-order valence-electron chi connectivity index (χ2n) is 3.39. The fraction of sp³-hybridized carbons (Fsp3) is 0.400. The van der Waals surface area contributed by atoms with E-state index in [1.54, 1.807) is 12.1 Å². The van der Waals surface area contributed by atoms with Crippen LogP contribution in [0.1, 0.15) is 5.56 Å². The number of benzene rings is 1. The maximum absolute atomic E-state index is 10.5. The molecule has 0 aliphatic carbocycles. The van der Waals surface area contributed by atoms with Crippen molar-refractivity contribution in [3.05, 3.63) is 39.9 Å². The number of rotatable bonds is 5. The van der Waals surface area contributed by atoms with Gasteiger partial charge in [-0.25, -0.2) is 0 Å². The fourth-order valence-corrected chi connectivity index (χ4v) is 1.33. The minimum atomic E-state index is -0.407. The molecule has 1 rings (SSSR count). The molecule has 15 heavy (non-hydrogen) atoms. The minimum Gasteiger partial charge on any atom is -0.395 e. The summed E-state index contributed by atoms with van der Waals surface area (Å²) in [6.45, 7) is 1.25. The highest BCUT2D eigenvalue weighted by Gasteiger charge is 2.06. The van der Waals surface area contributed by atoms with Gasteiger partial charge in [-0.2, -0.15) is 0 Å². The second-order valence-corrected chi connectivity index (χ2v) is 3.39. The normalized spacial score (nSPS) is 10.6. The van der Waals surface area contributed by atoms with Crippen LogP contribution >= 0.6 is 0 Å². The third-order valence-corrected chi connectivity index (χ3v) is 2.06. The average Bonchev–Trinajstić information content (AvgIpc) is 2.18. The van der Waals surface area contributed by atoms with E-state index in [1.807, 2.05) is 18.0 Å². The molecule has 0 fully saturated rings. The smallest absolute Gasteiger partial charge is 0.269 e. The Morgan fingerprint density at radius 2 is 2.27 bits per heavy atom. The van der Waals surface area contributed by atoms with Gasteiger partial charge in [-0.05, 0) is 12.6 Å². The van der Waals surface area contributed by atoms with Crippen LogP contribution in [0.2, 0.25) is 0 Å². The number of hydrogen-bond acceptors (Lipinski definition) is 4. The molecule has 1 N–H and O–H groups in total. The summed E-state index contributed by atoms with van der Waals surface area (Å²) in [7, 11) is 1.86. The summed E-state index contributed by atoms with van der Waals surface area (Å²) in [5.41, 5.74) is 0.977. The number of aliphatic hydroxyl groups is 1. The van der Waals surface area contributed by atoms with Crippen molar-refractivity contribution in [2.45, 2.75) is 6.54 Å². The highest BCUT2D eigenvalue weighted by Crippen LogP contribution is 2.13. The van der Waals surface area contributed by atoms with Crippen LogP contribution in [0.15, 0.2) is 24.3 Å². The molecule has 0 bridgehead atoms. The molecule has 1 aromatic rings. The molecule has 0 spiro atoms. The molecule has 0 heterocycles. The lowest BCUT2D eigenvalue weighted by Gasteiger charge is -2.14. The van der Waals surface area contributed by atoms with Crippen molar-refractivity contribution < 1.29 is 10.0 Å². The SMILES string of the molecule is CN(CCO)Cc1cccc([N+](=O)[O-])c1. The zero-order valence-electron chi connectivity index (χ0n) is 8.59. The van der Waals surface area contributed by atoms with E-state index in [9.17, 15) is 10.1 Å². The molecule has 5 nitrogen and oxygen atoms in total. The predicted molar refractivity (Wildman–Crippen MR) is 56.5 cm³/mol. The van der Waals surface area contributed by atoms with E-state index in [1.165, 1.54) is 6.07 Å². The quantitative estimate of drug-likeness (QED) is 0.582. The molecule has 1 aromatic carbocycles. The maximum Gasteiger partial charge on any atom is 0.269 e. The third-order valence-electron chi connectivity index (χ3n) is 2.06. The van der Waals surface area contributed by atoms with E-state index in [-0.39, 0.29) is 12.3 Å². The van der Waals surface area contributed by atoms with Crippen molar-refractivity contribution in [1.29, 1.82) is 0 Å². The number of nitro benzene ring substituents is 1. The fourth-order valence-electron chi connectivity index (χ4n) is 1.33. The first-order valence-electron chi connectivity index (χ1n) is 4.66. The zero-order valence-corrected chi connectivity index (χ0v) is 8.59. The Morgan fingerprint density at radius 1 is 1.53 bits per heavy atom. The largest absolute Gasteiger partial charge is 0.395 e. The van der Waals surface area contributed by atoms with Crippen molar-refractivity contribution in [2.75, 3.05) is 20.2 Å². The number of nitro groups is 1. The summed E-state index contributed by atoms with van der Waals surface area (Å²) in [6, 6.07) is 6.52. The van der Waals surface area contributed by atoms with Crippen LogP contribution in [0.3, 0.4) is 0 Å². The van der Waals surface area contributed by atoms with E-state index in [4.69, 9.17) is 5.11 Å². The topological polar surface area (TPSA) is 66.6 Å². The van der Waals surface area contributed by atoms with E-state index in [0.717, 1.165) is 5.56 Å². The molecule has 0 amide bonds. The van der Waals surface area contributed by atoms with Crippen molar-refractivity contribution in [3.8, 4) is 0 Å². The average molecular weight is 210 g/mol. The first-order chi connectivity index (χ1) is 7.13. The molecule has 0 saturated carbocycles. The molecule has 0 radical (unpaired) electrons. The predicted octanol–water partition coefficient (Wildman–Crippen LogP) is 1.02. The molecule has 82 valence electrons. The highest BCUT2D eigenvalue weighted by atomic mass is 16.6. The molecule has 0 atom stereocenters. The zero-order chi connectivity index (χ0) is 11.3. The van der Waals surface area contributed by atoms with Crippen molar-refractivity contribution in [2.24, 2.45) is 0 Å². The van der Waals surface area contributed by atoms with Crippen LogP contribution in [0.5, 0.6) is 0 Å². The molecule has 0 aliphatic heterocycles. The highest BCUT2D eigenvalue weighted by molar-refractivity contribution is 5.34. The Morgan fingerprint density at radius 3 is 2.87 bits per heavy atom.